The van der Waals surface area contributed by atoms with Crippen molar-refractivity contribution in [3.05, 3.63) is 89.0 Å². The van der Waals surface area contributed by atoms with Crippen LogP contribution in [0.4, 0.5) is 18.9 Å². The number of halogens is 3. The molecule has 2 aromatic heterocycles. The number of pyridine rings is 2. The molecular weight excluding hydrogens is 505 g/mol. The number of amides is 1. The van der Waals surface area contributed by atoms with E-state index in [0.717, 1.165) is 11.6 Å². The van der Waals surface area contributed by atoms with Crippen LogP contribution in [-0.2, 0) is 16.6 Å². The molecule has 0 bridgehead atoms. The SMILES string of the molecule is CC(C)c1ccc([C@](O)(c2cncc(N3CC(c4ccc(C(F)(F)F)nc4)CC3=O)c2)C2(C)CN(C)C2)cc1. The molecule has 2 aliphatic rings. The Hall–Kier alpha value is -3.30. The number of benzene rings is 1. The maximum atomic E-state index is 13.1. The Morgan fingerprint density at radius 1 is 1.03 bits per heavy atom. The molecule has 4 heterocycles. The lowest BCUT2D eigenvalue weighted by Gasteiger charge is -2.56. The second kappa shape index (κ2) is 9.71. The van der Waals surface area contributed by atoms with Crippen LogP contribution in [0.15, 0.2) is 61.1 Å². The molecule has 0 spiro atoms. The lowest BCUT2D eigenvalue weighted by Crippen LogP contribution is -2.63. The highest BCUT2D eigenvalue weighted by molar-refractivity contribution is 5.96. The average molecular weight is 539 g/mol. The lowest BCUT2D eigenvalue weighted by molar-refractivity contribution is -0.141. The predicted octanol–water partition coefficient (Wildman–Crippen LogP) is 5.33. The van der Waals surface area contributed by atoms with Crippen molar-refractivity contribution >= 4 is 11.6 Å². The molecule has 2 saturated heterocycles. The highest BCUT2D eigenvalue weighted by atomic mass is 19.4. The van der Waals surface area contributed by atoms with Crippen LogP contribution < -0.4 is 4.90 Å². The van der Waals surface area contributed by atoms with Crippen molar-refractivity contribution in [3.8, 4) is 0 Å². The monoisotopic (exact) mass is 538 g/mol. The van der Waals surface area contributed by atoms with Crippen molar-refractivity contribution in [3.63, 3.8) is 0 Å². The van der Waals surface area contributed by atoms with E-state index < -0.39 is 22.9 Å². The summed E-state index contributed by atoms with van der Waals surface area (Å²) in [6.07, 6.45) is 0.0840. The van der Waals surface area contributed by atoms with Crippen LogP contribution in [0.2, 0.25) is 0 Å². The van der Waals surface area contributed by atoms with Gasteiger partial charge in [-0.25, -0.2) is 0 Å². The molecule has 1 aromatic carbocycles. The second-order valence-electron chi connectivity index (χ2n) is 11.5. The number of hydrogen-bond donors (Lipinski definition) is 1. The van der Waals surface area contributed by atoms with Crippen molar-refractivity contribution in [1.29, 1.82) is 0 Å². The quantitative estimate of drug-likeness (QED) is 0.460. The number of carbonyl (C=O) groups excluding carboxylic acids is 1. The van der Waals surface area contributed by atoms with Crippen molar-refractivity contribution in [1.82, 2.24) is 14.9 Å². The van der Waals surface area contributed by atoms with Gasteiger partial charge in [0.05, 0.1) is 11.9 Å². The van der Waals surface area contributed by atoms with Crippen LogP contribution in [0, 0.1) is 5.41 Å². The Morgan fingerprint density at radius 2 is 1.72 bits per heavy atom. The van der Waals surface area contributed by atoms with Gasteiger partial charge >= 0.3 is 6.18 Å². The Kier molecular flexibility index (Phi) is 6.79. The maximum absolute atomic E-state index is 13.1. The number of aliphatic hydroxyl groups is 1. The normalized spacial score (nSPS) is 21.2. The summed E-state index contributed by atoms with van der Waals surface area (Å²) in [7, 11) is 2.01. The first-order chi connectivity index (χ1) is 18.3. The predicted molar refractivity (Wildman–Crippen MR) is 142 cm³/mol. The number of aromatic nitrogens is 2. The zero-order valence-electron chi connectivity index (χ0n) is 22.5. The van der Waals surface area contributed by atoms with E-state index in [1.165, 1.54) is 17.8 Å². The molecule has 0 radical (unpaired) electrons. The molecule has 0 aliphatic carbocycles. The highest BCUT2D eigenvalue weighted by Crippen LogP contribution is 2.50. The van der Waals surface area contributed by atoms with E-state index in [2.05, 4.69) is 35.6 Å². The molecular formula is C30H33F3N4O2. The van der Waals surface area contributed by atoms with Crippen LogP contribution in [0.1, 0.15) is 67.0 Å². The zero-order chi connectivity index (χ0) is 28.2. The molecule has 39 heavy (non-hydrogen) atoms. The van der Waals surface area contributed by atoms with Gasteiger partial charge in [0.2, 0.25) is 5.91 Å². The summed E-state index contributed by atoms with van der Waals surface area (Å²) >= 11 is 0. The molecule has 6 nitrogen and oxygen atoms in total. The van der Waals surface area contributed by atoms with Crippen LogP contribution in [0.25, 0.3) is 0 Å². The van der Waals surface area contributed by atoms with Crippen LogP contribution >= 0.6 is 0 Å². The van der Waals surface area contributed by atoms with Crippen LogP contribution in [0.5, 0.6) is 0 Å². The molecule has 2 aliphatic heterocycles. The molecule has 1 amide bonds. The van der Waals surface area contributed by atoms with E-state index in [1.54, 1.807) is 17.3 Å². The maximum Gasteiger partial charge on any atom is 0.433 e. The van der Waals surface area contributed by atoms with Gasteiger partial charge in [-0.1, -0.05) is 51.1 Å². The minimum absolute atomic E-state index is 0.153. The van der Waals surface area contributed by atoms with Crippen molar-refractivity contribution < 1.29 is 23.1 Å². The van der Waals surface area contributed by atoms with Gasteiger partial charge in [-0.3, -0.25) is 14.8 Å². The third-order valence-corrected chi connectivity index (χ3v) is 8.23. The minimum atomic E-state index is -4.51. The Labute approximate surface area is 226 Å². The van der Waals surface area contributed by atoms with Crippen molar-refractivity contribution in [2.75, 3.05) is 31.6 Å². The van der Waals surface area contributed by atoms with Gasteiger partial charge in [0.15, 0.2) is 0 Å². The zero-order valence-corrected chi connectivity index (χ0v) is 22.5. The molecule has 2 fully saturated rings. The third-order valence-electron chi connectivity index (χ3n) is 8.23. The summed E-state index contributed by atoms with van der Waals surface area (Å²) in [5.74, 6) is -0.0917. The molecule has 0 saturated carbocycles. The molecule has 1 unspecified atom stereocenters. The molecule has 2 atom stereocenters. The summed E-state index contributed by atoms with van der Waals surface area (Å²) in [6, 6.07) is 12.2. The Balaban J connectivity index is 1.47. The Bertz CT molecular complexity index is 1350. The first-order valence-electron chi connectivity index (χ1n) is 13.1. The van der Waals surface area contributed by atoms with E-state index in [4.69, 9.17) is 0 Å². The largest absolute Gasteiger partial charge is 0.433 e. The van der Waals surface area contributed by atoms with Gasteiger partial charge in [0.1, 0.15) is 11.3 Å². The number of alkyl halides is 3. The van der Waals surface area contributed by atoms with Gasteiger partial charge in [-0.15, -0.1) is 0 Å². The number of likely N-dealkylation sites (tertiary alicyclic amines) is 1. The van der Waals surface area contributed by atoms with Gasteiger partial charge in [0, 0.05) is 55.3 Å². The first kappa shape index (κ1) is 27.3. The molecule has 5 rings (SSSR count). The van der Waals surface area contributed by atoms with E-state index in [-0.39, 0.29) is 18.2 Å². The van der Waals surface area contributed by atoms with E-state index in [1.807, 2.05) is 37.4 Å². The van der Waals surface area contributed by atoms with Gasteiger partial charge in [-0.05, 0) is 41.8 Å². The van der Waals surface area contributed by atoms with E-state index >= 15 is 0 Å². The highest BCUT2D eigenvalue weighted by Gasteiger charge is 2.55. The van der Waals surface area contributed by atoms with E-state index in [0.29, 0.717) is 42.4 Å². The fourth-order valence-electron chi connectivity index (χ4n) is 6.11. The number of hydrogen-bond acceptors (Lipinski definition) is 5. The number of rotatable bonds is 6. The van der Waals surface area contributed by atoms with Crippen molar-refractivity contribution in [2.24, 2.45) is 5.41 Å². The van der Waals surface area contributed by atoms with Crippen LogP contribution in [0.3, 0.4) is 0 Å². The Morgan fingerprint density at radius 3 is 2.28 bits per heavy atom. The van der Waals surface area contributed by atoms with Gasteiger partial charge < -0.3 is 14.9 Å². The average Bonchev–Trinajstić information content (AvgIpc) is 3.28. The topological polar surface area (TPSA) is 69.6 Å². The number of anilines is 1. The minimum Gasteiger partial charge on any atom is -0.380 e. The van der Waals surface area contributed by atoms with Gasteiger partial charge in [-0.2, -0.15) is 13.2 Å². The first-order valence-corrected chi connectivity index (χ1v) is 13.1. The summed E-state index contributed by atoms with van der Waals surface area (Å²) in [6.45, 7) is 7.97. The summed E-state index contributed by atoms with van der Waals surface area (Å²) in [5.41, 5.74) is 0.879. The van der Waals surface area contributed by atoms with E-state index in [9.17, 15) is 23.1 Å². The van der Waals surface area contributed by atoms with Gasteiger partial charge in [0.25, 0.3) is 0 Å². The van der Waals surface area contributed by atoms with Crippen LogP contribution in [-0.4, -0.2) is 52.6 Å². The summed E-state index contributed by atoms with van der Waals surface area (Å²) in [5, 5.41) is 12.5. The molecule has 3 aromatic rings. The number of carbonyl (C=O) groups is 1. The summed E-state index contributed by atoms with van der Waals surface area (Å²) in [4.78, 5) is 24.8. The third kappa shape index (κ3) is 4.82. The fourth-order valence-corrected chi connectivity index (χ4v) is 6.11. The fraction of sp³-hybridized carbons (Fsp3) is 0.433. The second-order valence-corrected chi connectivity index (χ2v) is 11.5. The standard InChI is InChI=1S/C30H33F3N4O2/c1-19(2)20-5-8-23(9-6-20)29(39,28(3)17-36(4)18-28)24-12-25(15-34-14-24)37-16-22(11-27(37)38)21-7-10-26(35-13-21)30(31,32)33/h5-10,12-15,19,22,39H,11,16-18H2,1-4H3/t22?,29-/m0/s1. The van der Waals surface area contributed by atoms with Crippen molar-refractivity contribution in [2.45, 2.75) is 50.8 Å². The smallest absolute Gasteiger partial charge is 0.380 e. The lowest BCUT2D eigenvalue weighted by atomic mass is 9.62. The molecule has 206 valence electrons. The molecule has 9 heteroatoms. The molecule has 1 N–H and O–H groups in total. The summed E-state index contributed by atoms with van der Waals surface area (Å²) < 4.78 is 38.8. The number of nitrogens with zero attached hydrogens (tertiary/aromatic N) is 4.